The van der Waals surface area contributed by atoms with E-state index in [1.54, 1.807) is 0 Å². The number of nitrogens with one attached hydrogen (secondary N) is 1. The lowest BCUT2D eigenvalue weighted by atomic mass is 10.2. The van der Waals surface area contributed by atoms with E-state index in [1.807, 2.05) is 11.8 Å². The van der Waals surface area contributed by atoms with E-state index >= 15 is 0 Å². The van der Waals surface area contributed by atoms with E-state index in [1.165, 1.54) is 0 Å². The number of nitrogens with zero attached hydrogens (tertiary/aromatic N) is 1. The van der Waals surface area contributed by atoms with Gasteiger partial charge in [0, 0.05) is 17.9 Å². The van der Waals surface area contributed by atoms with Crippen LogP contribution in [-0.2, 0) is 0 Å². The first kappa shape index (κ1) is 10.7. The van der Waals surface area contributed by atoms with Gasteiger partial charge in [-0.05, 0) is 18.6 Å². The maximum Gasteiger partial charge on any atom is 0.168 e. The summed E-state index contributed by atoms with van der Waals surface area (Å²) in [4.78, 5) is 3.70. The van der Waals surface area contributed by atoms with Crippen molar-refractivity contribution in [2.24, 2.45) is 0 Å². The molecule has 0 radical (unpaired) electrons. The lowest BCUT2D eigenvalue weighted by Gasteiger charge is -2.22. The first-order valence-corrected chi connectivity index (χ1v) is 6.06. The predicted octanol–water partition coefficient (Wildman–Crippen LogP) is 2.67. The summed E-state index contributed by atoms with van der Waals surface area (Å²) in [5.74, 6) is 1.02. The molecule has 0 aliphatic carbocycles. The fourth-order valence-electron chi connectivity index (χ4n) is 1.57. The zero-order chi connectivity index (χ0) is 10.7. The highest BCUT2D eigenvalue weighted by atomic mass is 32.2. The molecule has 1 saturated heterocycles. The fourth-order valence-corrected chi connectivity index (χ4v) is 2.64. The van der Waals surface area contributed by atoms with Gasteiger partial charge in [0.1, 0.15) is 5.82 Å². The second-order valence-electron chi connectivity index (χ2n) is 3.54. The number of pyridine rings is 1. The Hall–Kier alpha value is -0.840. The number of hydrogen-bond acceptors (Lipinski definition) is 3. The van der Waals surface area contributed by atoms with Gasteiger partial charge in [-0.2, -0.15) is 11.8 Å². The van der Waals surface area contributed by atoms with Crippen molar-refractivity contribution in [2.45, 2.75) is 18.9 Å². The molecular formula is C10H12F2N2S. The molecule has 0 amide bonds. The third kappa shape index (κ3) is 2.81. The highest BCUT2D eigenvalue weighted by Gasteiger charge is 2.15. The van der Waals surface area contributed by atoms with Crippen LogP contribution in [0.2, 0.25) is 0 Å². The molecule has 1 aromatic rings. The fraction of sp³-hybridized carbons (Fsp3) is 0.500. The molecule has 15 heavy (non-hydrogen) atoms. The first-order chi connectivity index (χ1) is 7.25. The molecule has 1 N–H and O–H groups in total. The maximum atomic E-state index is 13.2. The summed E-state index contributed by atoms with van der Waals surface area (Å²) >= 11 is 1.84. The zero-order valence-corrected chi connectivity index (χ0v) is 8.99. The van der Waals surface area contributed by atoms with Crippen LogP contribution in [0.3, 0.4) is 0 Å². The van der Waals surface area contributed by atoms with Gasteiger partial charge in [-0.1, -0.05) is 0 Å². The van der Waals surface area contributed by atoms with Gasteiger partial charge in [0.15, 0.2) is 11.6 Å². The summed E-state index contributed by atoms with van der Waals surface area (Å²) in [6.45, 7) is 0. The van der Waals surface area contributed by atoms with E-state index in [9.17, 15) is 8.78 Å². The van der Waals surface area contributed by atoms with Crippen LogP contribution < -0.4 is 5.32 Å². The molecule has 0 aromatic carbocycles. The van der Waals surface area contributed by atoms with Crippen LogP contribution in [-0.4, -0.2) is 22.5 Å². The largest absolute Gasteiger partial charge is 0.364 e. The van der Waals surface area contributed by atoms with E-state index in [4.69, 9.17) is 0 Å². The van der Waals surface area contributed by atoms with Crippen molar-refractivity contribution in [2.75, 3.05) is 16.8 Å². The summed E-state index contributed by atoms with van der Waals surface area (Å²) in [6.07, 6.45) is 3.18. The zero-order valence-electron chi connectivity index (χ0n) is 8.17. The number of thioether (sulfide) groups is 1. The second kappa shape index (κ2) is 4.79. The SMILES string of the molecule is Fc1cnc(NC2CCCSC2)c(F)c1. The molecule has 1 aliphatic heterocycles. The Morgan fingerprint density at radius 1 is 1.47 bits per heavy atom. The minimum absolute atomic E-state index is 0.156. The van der Waals surface area contributed by atoms with Crippen molar-refractivity contribution in [3.05, 3.63) is 23.9 Å². The molecule has 82 valence electrons. The predicted molar refractivity (Wildman–Crippen MR) is 58.1 cm³/mol. The molecular weight excluding hydrogens is 218 g/mol. The number of halogens is 2. The first-order valence-electron chi connectivity index (χ1n) is 4.91. The van der Waals surface area contributed by atoms with E-state index in [0.717, 1.165) is 36.6 Å². The van der Waals surface area contributed by atoms with Crippen LogP contribution in [0, 0.1) is 11.6 Å². The highest BCUT2D eigenvalue weighted by Crippen LogP contribution is 2.21. The average Bonchev–Trinajstić information content (AvgIpc) is 2.24. The Labute approximate surface area is 91.5 Å². The van der Waals surface area contributed by atoms with Gasteiger partial charge in [0.2, 0.25) is 0 Å². The molecule has 2 rings (SSSR count). The van der Waals surface area contributed by atoms with Gasteiger partial charge >= 0.3 is 0 Å². The van der Waals surface area contributed by atoms with E-state index in [2.05, 4.69) is 10.3 Å². The monoisotopic (exact) mass is 230 g/mol. The summed E-state index contributed by atoms with van der Waals surface area (Å²) < 4.78 is 25.8. The Morgan fingerprint density at radius 2 is 2.33 bits per heavy atom. The van der Waals surface area contributed by atoms with Crippen molar-refractivity contribution >= 4 is 17.6 Å². The third-order valence-corrected chi connectivity index (χ3v) is 3.52. The third-order valence-electron chi connectivity index (χ3n) is 2.31. The van der Waals surface area contributed by atoms with Gasteiger partial charge in [0.05, 0.1) is 6.20 Å². The normalized spacial score (nSPS) is 21.3. The average molecular weight is 230 g/mol. The quantitative estimate of drug-likeness (QED) is 0.845. The number of hydrogen-bond donors (Lipinski definition) is 1. The van der Waals surface area contributed by atoms with Crippen LogP contribution >= 0.6 is 11.8 Å². The standard InChI is InChI=1S/C10H12F2N2S/c11-7-4-9(12)10(13-5-7)14-8-2-1-3-15-6-8/h4-5,8H,1-3,6H2,(H,13,14). The molecule has 0 bridgehead atoms. The summed E-state index contributed by atoms with van der Waals surface area (Å²) in [5.41, 5.74) is 0. The lowest BCUT2D eigenvalue weighted by Crippen LogP contribution is -2.26. The smallest absolute Gasteiger partial charge is 0.168 e. The minimum atomic E-state index is -0.643. The molecule has 1 fully saturated rings. The molecule has 0 saturated carbocycles. The van der Waals surface area contributed by atoms with Gasteiger partial charge in [0.25, 0.3) is 0 Å². The van der Waals surface area contributed by atoms with Crippen molar-refractivity contribution in [1.29, 1.82) is 0 Å². The summed E-state index contributed by atoms with van der Waals surface area (Å²) in [7, 11) is 0. The van der Waals surface area contributed by atoms with E-state index < -0.39 is 11.6 Å². The number of rotatable bonds is 2. The van der Waals surface area contributed by atoms with Crippen LogP contribution in [0.4, 0.5) is 14.6 Å². The molecule has 2 nitrogen and oxygen atoms in total. The molecule has 1 aromatic heterocycles. The van der Waals surface area contributed by atoms with Crippen molar-refractivity contribution < 1.29 is 8.78 Å². The van der Waals surface area contributed by atoms with E-state index in [-0.39, 0.29) is 11.9 Å². The topological polar surface area (TPSA) is 24.9 Å². The molecule has 1 atom stereocenters. The Bertz CT molecular complexity index is 340. The van der Waals surface area contributed by atoms with Crippen molar-refractivity contribution in [1.82, 2.24) is 4.98 Å². The van der Waals surface area contributed by atoms with Crippen LogP contribution in [0.5, 0.6) is 0 Å². The van der Waals surface area contributed by atoms with Gasteiger partial charge in [-0.25, -0.2) is 13.8 Å². The Balaban J connectivity index is 2.03. The molecule has 1 unspecified atom stereocenters. The minimum Gasteiger partial charge on any atom is -0.364 e. The molecule has 0 spiro atoms. The molecule has 1 aliphatic rings. The lowest BCUT2D eigenvalue weighted by molar-refractivity contribution is 0.571. The maximum absolute atomic E-state index is 13.2. The van der Waals surface area contributed by atoms with E-state index in [0.29, 0.717) is 0 Å². The van der Waals surface area contributed by atoms with Crippen LogP contribution in [0.1, 0.15) is 12.8 Å². The second-order valence-corrected chi connectivity index (χ2v) is 4.69. The highest BCUT2D eigenvalue weighted by molar-refractivity contribution is 7.99. The van der Waals surface area contributed by atoms with Crippen molar-refractivity contribution in [3.8, 4) is 0 Å². The van der Waals surface area contributed by atoms with Crippen LogP contribution in [0.25, 0.3) is 0 Å². The number of anilines is 1. The van der Waals surface area contributed by atoms with Crippen LogP contribution in [0.15, 0.2) is 12.3 Å². The Morgan fingerprint density at radius 3 is 3.00 bits per heavy atom. The van der Waals surface area contributed by atoms with Gasteiger partial charge < -0.3 is 5.32 Å². The Kier molecular flexibility index (Phi) is 3.41. The summed E-state index contributed by atoms with van der Waals surface area (Å²) in [5, 5.41) is 3.00. The summed E-state index contributed by atoms with van der Waals surface area (Å²) in [6, 6.07) is 1.10. The molecule has 2 heterocycles. The number of aromatic nitrogens is 1. The van der Waals surface area contributed by atoms with Gasteiger partial charge in [-0.3, -0.25) is 0 Å². The van der Waals surface area contributed by atoms with Gasteiger partial charge in [-0.15, -0.1) is 0 Å². The molecule has 5 heteroatoms. The van der Waals surface area contributed by atoms with Crippen molar-refractivity contribution in [3.63, 3.8) is 0 Å².